The third-order valence-electron chi connectivity index (χ3n) is 4.28. The molecule has 2 atom stereocenters. The second-order valence-corrected chi connectivity index (χ2v) is 7.51. The van der Waals surface area contributed by atoms with Crippen molar-refractivity contribution in [3.8, 4) is 0 Å². The lowest BCUT2D eigenvalue weighted by Gasteiger charge is -2.39. The maximum absolute atomic E-state index is 4.94. The van der Waals surface area contributed by atoms with Crippen molar-refractivity contribution in [2.45, 2.75) is 18.5 Å². The zero-order valence-electron chi connectivity index (χ0n) is 12.8. The fourth-order valence-electron chi connectivity index (χ4n) is 3.13. The van der Waals surface area contributed by atoms with E-state index in [1.54, 1.807) is 0 Å². The molecule has 5 heteroatoms. The molecule has 0 fully saturated rings. The number of hydrogen-bond acceptors (Lipinski definition) is 3. The van der Waals surface area contributed by atoms with E-state index in [1.165, 1.54) is 5.56 Å². The van der Waals surface area contributed by atoms with Gasteiger partial charge in [-0.1, -0.05) is 36.4 Å². The summed E-state index contributed by atoms with van der Waals surface area (Å²) in [6, 6.07) is 16.9. The molecule has 2 aliphatic heterocycles. The van der Waals surface area contributed by atoms with Gasteiger partial charge in [0.1, 0.15) is 5.84 Å². The average Bonchev–Trinajstić information content (AvgIpc) is 2.63. The number of hydrogen-bond donors (Lipinski definition) is 0. The van der Waals surface area contributed by atoms with Gasteiger partial charge in [-0.25, -0.2) is 0 Å². The molecular formula is C19H15Br2N3. The van der Waals surface area contributed by atoms with Gasteiger partial charge in [0.15, 0.2) is 0 Å². The molecule has 3 heterocycles. The van der Waals surface area contributed by atoms with E-state index in [0.29, 0.717) is 0 Å². The highest BCUT2D eigenvalue weighted by molar-refractivity contribution is 9.15. The molecule has 24 heavy (non-hydrogen) atoms. The quantitative estimate of drug-likeness (QED) is 0.611. The molecule has 120 valence electrons. The molecule has 0 aliphatic carbocycles. The number of pyridine rings is 1. The molecule has 3 nitrogen and oxygen atoms in total. The molecule has 0 N–H and O–H groups in total. The third-order valence-corrected chi connectivity index (χ3v) is 6.10. The highest BCUT2D eigenvalue weighted by Crippen LogP contribution is 2.41. The Hall–Kier alpha value is -1.72. The fraction of sp³-hybridized carbons (Fsp3) is 0.158. The SMILES string of the molecule is BrC1=CC2=NC(c3ccccn3)CC(c3ccccc3)N2C=C1Br. The zero-order chi connectivity index (χ0) is 16.5. The van der Waals surface area contributed by atoms with Gasteiger partial charge < -0.3 is 4.90 Å². The molecule has 0 spiro atoms. The van der Waals surface area contributed by atoms with E-state index in [4.69, 9.17) is 4.99 Å². The van der Waals surface area contributed by atoms with E-state index in [1.807, 2.05) is 18.3 Å². The lowest BCUT2D eigenvalue weighted by Crippen LogP contribution is -2.36. The van der Waals surface area contributed by atoms with Gasteiger partial charge in [-0.2, -0.15) is 0 Å². The Morgan fingerprint density at radius 2 is 1.75 bits per heavy atom. The van der Waals surface area contributed by atoms with Crippen molar-refractivity contribution in [1.82, 2.24) is 9.88 Å². The van der Waals surface area contributed by atoms with E-state index in [9.17, 15) is 0 Å². The Balaban J connectivity index is 1.79. The van der Waals surface area contributed by atoms with Crippen LogP contribution < -0.4 is 0 Å². The molecule has 1 aromatic heterocycles. The molecule has 0 amide bonds. The van der Waals surface area contributed by atoms with Crippen LogP contribution in [0.3, 0.4) is 0 Å². The third kappa shape index (κ3) is 2.98. The van der Waals surface area contributed by atoms with Crippen LogP contribution in [0.5, 0.6) is 0 Å². The number of allylic oxidation sites excluding steroid dienone is 2. The van der Waals surface area contributed by atoms with Crippen molar-refractivity contribution < 1.29 is 0 Å². The Kier molecular flexibility index (Phi) is 4.37. The molecule has 2 aliphatic rings. The standard InChI is InChI=1S/C19H15Br2N3/c20-14-10-19-23-17(16-8-4-5-9-22-16)11-18(24(19)12-15(14)21)13-6-2-1-3-7-13/h1-10,12,17-18H,11H2. The van der Waals surface area contributed by atoms with Crippen LogP contribution in [0.25, 0.3) is 0 Å². The average molecular weight is 445 g/mol. The summed E-state index contributed by atoms with van der Waals surface area (Å²) in [5, 5.41) is 0. The summed E-state index contributed by atoms with van der Waals surface area (Å²) in [7, 11) is 0. The van der Waals surface area contributed by atoms with E-state index >= 15 is 0 Å². The minimum absolute atomic E-state index is 0.0597. The molecule has 2 aromatic rings. The van der Waals surface area contributed by atoms with Crippen molar-refractivity contribution in [3.05, 3.63) is 87.2 Å². The Labute approximate surface area is 158 Å². The number of amidine groups is 1. The zero-order valence-corrected chi connectivity index (χ0v) is 16.0. The van der Waals surface area contributed by atoms with E-state index in [-0.39, 0.29) is 12.1 Å². The minimum Gasteiger partial charge on any atom is -0.325 e. The van der Waals surface area contributed by atoms with Gasteiger partial charge in [0.25, 0.3) is 0 Å². The summed E-state index contributed by atoms with van der Waals surface area (Å²) in [6.07, 6.45) is 6.90. The Morgan fingerprint density at radius 1 is 0.958 bits per heavy atom. The molecule has 0 bridgehead atoms. The number of nitrogens with zero attached hydrogens (tertiary/aromatic N) is 3. The number of halogens is 2. The second kappa shape index (κ2) is 6.65. The largest absolute Gasteiger partial charge is 0.325 e. The van der Waals surface area contributed by atoms with Crippen LogP contribution in [0.2, 0.25) is 0 Å². The van der Waals surface area contributed by atoms with Gasteiger partial charge in [-0.05, 0) is 55.6 Å². The van der Waals surface area contributed by atoms with Crippen LogP contribution in [0.15, 0.2) is 81.0 Å². The van der Waals surface area contributed by atoms with Crippen LogP contribution in [0, 0.1) is 0 Å². The topological polar surface area (TPSA) is 28.5 Å². The number of benzene rings is 1. The Bertz CT molecular complexity index is 828. The first-order chi connectivity index (χ1) is 11.7. The van der Waals surface area contributed by atoms with Gasteiger partial charge in [-0.15, -0.1) is 0 Å². The van der Waals surface area contributed by atoms with Crippen molar-refractivity contribution in [3.63, 3.8) is 0 Å². The number of fused-ring (bicyclic) bond motifs is 1. The van der Waals surface area contributed by atoms with E-state index in [2.05, 4.69) is 90.4 Å². The number of aliphatic imine (C=N–C) groups is 1. The van der Waals surface area contributed by atoms with Gasteiger partial charge >= 0.3 is 0 Å². The van der Waals surface area contributed by atoms with Crippen LogP contribution in [0.4, 0.5) is 0 Å². The lowest BCUT2D eigenvalue weighted by molar-refractivity contribution is 0.332. The van der Waals surface area contributed by atoms with Crippen LogP contribution in [-0.4, -0.2) is 15.7 Å². The van der Waals surface area contributed by atoms with Crippen LogP contribution >= 0.6 is 31.9 Å². The van der Waals surface area contributed by atoms with Gasteiger partial charge in [0, 0.05) is 27.8 Å². The molecule has 1 aromatic carbocycles. The van der Waals surface area contributed by atoms with Gasteiger partial charge in [-0.3, -0.25) is 9.98 Å². The van der Waals surface area contributed by atoms with Crippen molar-refractivity contribution in [1.29, 1.82) is 0 Å². The predicted octanol–water partition coefficient (Wildman–Crippen LogP) is 5.50. The lowest BCUT2D eigenvalue weighted by atomic mass is 9.93. The summed E-state index contributed by atoms with van der Waals surface area (Å²) in [6.45, 7) is 0. The highest BCUT2D eigenvalue weighted by Gasteiger charge is 2.33. The van der Waals surface area contributed by atoms with Crippen molar-refractivity contribution in [2.24, 2.45) is 4.99 Å². The first-order valence-corrected chi connectivity index (χ1v) is 9.38. The molecule has 0 saturated carbocycles. The molecule has 2 unspecified atom stereocenters. The predicted molar refractivity (Wildman–Crippen MR) is 104 cm³/mol. The van der Waals surface area contributed by atoms with Crippen molar-refractivity contribution in [2.75, 3.05) is 0 Å². The van der Waals surface area contributed by atoms with Crippen molar-refractivity contribution >= 4 is 37.7 Å². The fourth-order valence-corrected chi connectivity index (χ4v) is 3.77. The normalized spacial score (nSPS) is 23.1. The molecule has 4 rings (SSSR count). The maximum Gasteiger partial charge on any atom is 0.129 e. The summed E-state index contributed by atoms with van der Waals surface area (Å²) in [5.41, 5.74) is 2.30. The summed E-state index contributed by atoms with van der Waals surface area (Å²) < 4.78 is 2.03. The summed E-state index contributed by atoms with van der Waals surface area (Å²) in [5.74, 6) is 0.959. The van der Waals surface area contributed by atoms with Gasteiger partial charge in [0.05, 0.1) is 17.8 Å². The molecule has 0 radical (unpaired) electrons. The molecule has 0 saturated heterocycles. The maximum atomic E-state index is 4.94. The molecular weight excluding hydrogens is 430 g/mol. The van der Waals surface area contributed by atoms with E-state index in [0.717, 1.165) is 26.9 Å². The Morgan fingerprint density at radius 3 is 2.50 bits per heavy atom. The second-order valence-electron chi connectivity index (χ2n) is 5.80. The summed E-state index contributed by atoms with van der Waals surface area (Å²) in [4.78, 5) is 11.7. The van der Waals surface area contributed by atoms with Gasteiger partial charge in [0.2, 0.25) is 0 Å². The monoisotopic (exact) mass is 443 g/mol. The minimum atomic E-state index is 0.0597. The summed E-state index contributed by atoms with van der Waals surface area (Å²) >= 11 is 7.20. The smallest absolute Gasteiger partial charge is 0.129 e. The first-order valence-electron chi connectivity index (χ1n) is 7.79. The number of aromatic nitrogens is 1. The highest BCUT2D eigenvalue weighted by atomic mass is 79.9. The van der Waals surface area contributed by atoms with Crippen LogP contribution in [-0.2, 0) is 0 Å². The van der Waals surface area contributed by atoms with Crippen LogP contribution in [0.1, 0.15) is 29.8 Å². The van der Waals surface area contributed by atoms with E-state index < -0.39 is 0 Å². The first kappa shape index (κ1) is 15.8. The number of rotatable bonds is 2.